The van der Waals surface area contributed by atoms with Crippen LogP contribution in [0, 0.1) is 17.2 Å². The third kappa shape index (κ3) is 4.10. The molecule has 1 aromatic rings. The third-order valence-electron chi connectivity index (χ3n) is 7.75. The summed E-state index contributed by atoms with van der Waals surface area (Å²) in [6.45, 7) is 0. The van der Waals surface area contributed by atoms with Crippen molar-refractivity contribution in [2.24, 2.45) is 10.9 Å². The predicted molar refractivity (Wildman–Crippen MR) is 129 cm³/mol. The molecule has 2 heterocycles. The molecule has 2 bridgehead atoms. The number of carbonyl (C=O) groups excluding carboxylic acids is 3. The molecule has 2 unspecified atom stereocenters. The molecule has 2 saturated carbocycles. The highest BCUT2D eigenvalue weighted by molar-refractivity contribution is 6.29. The molecule has 3 aliphatic carbocycles. The average Bonchev–Trinajstić information content (AvgIpc) is 3.41. The number of hydrogen-bond donors (Lipinski definition) is 3. The van der Waals surface area contributed by atoms with Crippen molar-refractivity contribution in [2.45, 2.75) is 68.6 Å². The summed E-state index contributed by atoms with van der Waals surface area (Å²) in [5.74, 6) is -0.620. The Morgan fingerprint density at radius 2 is 2.09 bits per heavy atom. The molecule has 35 heavy (non-hydrogen) atoms. The minimum Gasteiger partial charge on any atom is -0.349 e. The predicted octanol–water partition coefficient (Wildman–Crippen LogP) is 1.83. The molecule has 0 radical (unpaired) electrons. The minimum atomic E-state index is -0.686. The molecule has 1 aromatic carbocycles. The van der Waals surface area contributed by atoms with Crippen molar-refractivity contribution in [1.29, 1.82) is 5.26 Å². The van der Waals surface area contributed by atoms with Gasteiger partial charge in [-0.2, -0.15) is 5.26 Å². The van der Waals surface area contributed by atoms with Gasteiger partial charge in [0.25, 0.3) is 11.8 Å². The fraction of sp³-hybridized carbons (Fsp3) is 0.444. The first kappa shape index (κ1) is 21.9. The fourth-order valence-corrected chi connectivity index (χ4v) is 5.80. The summed E-state index contributed by atoms with van der Waals surface area (Å²) >= 11 is 0. The third-order valence-corrected chi connectivity index (χ3v) is 7.75. The molecule has 6 rings (SSSR count). The van der Waals surface area contributed by atoms with Crippen LogP contribution in [0.15, 0.2) is 47.0 Å². The van der Waals surface area contributed by atoms with Gasteiger partial charge in [0.05, 0.1) is 23.4 Å². The molecule has 1 saturated heterocycles. The summed E-state index contributed by atoms with van der Waals surface area (Å²) < 4.78 is 0. The largest absolute Gasteiger partial charge is 0.349 e. The molecular formula is C27H27N5O3. The van der Waals surface area contributed by atoms with Crippen LogP contribution in [-0.2, 0) is 16.0 Å². The van der Waals surface area contributed by atoms with Crippen molar-refractivity contribution >= 4 is 23.4 Å². The zero-order valence-corrected chi connectivity index (χ0v) is 19.3. The van der Waals surface area contributed by atoms with Gasteiger partial charge in [0.2, 0.25) is 5.91 Å². The molecule has 3 fully saturated rings. The number of rotatable bonds is 6. The molecule has 5 atom stereocenters. The Morgan fingerprint density at radius 3 is 2.80 bits per heavy atom. The minimum absolute atomic E-state index is 0.122. The number of nitrogens with one attached hydrogen (secondary N) is 3. The van der Waals surface area contributed by atoms with Gasteiger partial charge in [0.15, 0.2) is 0 Å². The summed E-state index contributed by atoms with van der Waals surface area (Å²) in [4.78, 5) is 42.7. The molecule has 8 nitrogen and oxygen atoms in total. The van der Waals surface area contributed by atoms with Gasteiger partial charge in [0.1, 0.15) is 6.04 Å². The number of amides is 3. The lowest BCUT2D eigenvalue weighted by molar-refractivity contribution is -0.124. The number of aliphatic imine (C=N–C) groups is 1. The monoisotopic (exact) mass is 469 g/mol. The van der Waals surface area contributed by atoms with Crippen LogP contribution in [0.4, 0.5) is 0 Å². The van der Waals surface area contributed by atoms with E-state index in [2.05, 4.69) is 27.0 Å². The zero-order valence-electron chi connectivity index (χ0n) is 19.3. The SMILES string of the molecule is N#CC(Cc1ccc2c(c1)C(=O)N=C1C(C(=O)NC3CC3)=CC=CC12)NC(=O)[C@H]1N[C@@H]2CC[C@H]1C2. The molecule has 3 amide bonds. The molecule has 0 aromatic heterocycles. The van der Waals surface area contributed by atoms with Crippen LogP contribution in [0.5, 0.6) is 0 Å². The first-order chi connectivity index (χ1) is 17.0. The van der Waals surface area contributed by atoms with Crippen LogP contribution < -0.4 is 16.0 Å². The topological polar surface area (TPSA) is 123 Å². The van der Waals surface area contributed by atoms with E-state index < -0.39 is 11.9 Å². The van der Waals surface area contributed by atoms with Crippen molar-refractivity contribution in [3.63, 3.8) is 0 Å². The highest BCUT2D eigenvalue weighted by Gasteiger charge is 2.43. The lowest BCUT2D eigenvalue weighted by Gasteiger charge is -2.27. The van der Waals surface area contributed by atoms with Crippen LogP contribution in [-0.4, -0.2) is 47.6 Å². The zero-order chi connectivity index (χ0) is 24.1. The highest BCUT2D eigenvalue weighted by Crippen LogP contribution is 2.36. The Bertz CT molecular complexity index is 1250. The van der Waals surface area contributed by atoms with E-state index in [-0.39, 0.29) is 29.8 Å². The van der Waals surface area contributed by atoms with E-state index in [0.717, 1.165) is 43.2 Å². The van der Waals surface area contributed by atoms with Gasteiger partial charge in [-0.3, -0.25) is 14.4 Å². The number of piperidine rings is 1. The Labute approximate surface area is 203 Å². The number of carbonyl (C=O) groups is 3. The number of hydrogen-bond acceptors (Lipinski definition) is 5. The quantitative estimate of drug-likeness (QED) is 0.587. The van der Waals surface area contributed by atoms with E-state index in [0.29, 0.717) is 35.2 Å². The van der Waals surface area contributed by atoms with Gasteiger partial charge in [-0.25, -0.2) is 4.99 Å². The first-order valence-electron chi connectivity index (χ1n) is 12.4. The first-order valence-corrected chi connectivity index (χ1v) is 12.4. The summed E-state index contributed by atoms with van der Waals surface area (Å²) in [6.07, 6.45) is 11.0. The van der Waals surface area contributed by atoms with Crippen molar-refractivity contribution in [3.05, 3.63) is 58.7 Å². The fourth-order valence-electron chi connectivity index (χ4n) is 5.80. The lowest BCUT2D eigenvalue weighted by atomic mass is 9.80. The number of fused-ring (bicyclic) bond motifs is 5. The van der Waals surface area contributed by atoms with E-state index in [1.54, 1.807) is 12.1 Å². The lowest BCUT2D eigenvalue weighted by Crippen LogP contribution is -2.50. The molecule has 3 N–H and O–H groups in total. The van der Waals surface area contributed by atoms with Gasteiger partial charge in [-0.15, -0.1) is 0 Å². The smallest absolute Gasteiger partial charge is 0.277 e. The van der Waals surface area contributed by atoms with Crippen molar-refractivity contribution in [1.82, 2.24) is 16.0 Å². The second kappa shape index (κ2) is 8.58. The summed E-state index contributed by atoms with van der Waals surface area (Å²) in [6, 6.07) is 7.44. The van der Waals surface area contributed by atoms with E-state index in [9.17, 15) is 19.6 Å². The Kier molecular flexibility index (Phi) is 5.37. The molecule has 0 spiro atoms. The van der Waals surface area contributed by atoms with Crippen molar-refractivity contribution < 1.29 is 14.4 Å². The second-order valence-corrected chi connectivity index (χ2v) is 10.2. The Hall–Kier alpha value is -3.57. The highest BCUT2D eigenvalue weighted by atomic mass is 16.2. The van der Waals surface area contributed by atoms with E-state index in [1.807, 2.05) is 24.3 Å². The molecule has 8 heteroatoms. The van der Waals surface area contributed by atoms with Crippen LogP contribution in [0.3, 0.4) is 0 Å². The van der Waals surface area contributed by atoms with Crippen molar-refractivity contribution in [2.75, 3.05) is 0 Å². The van der Waals surface area contributed by atoms with Gasteiger partial charge in [0, 0.05) is 30.0 Å². The number of allylic oxidation sites excluding steroid dienone is 3. The van der Waals surface area contributed by atoms with E-state index in [1.165, 1.54) is 0 Å². The van der Waals surface area contributed by atoms with E-state index in [4.69, 9.17) is 0 Å². The van der Waals surface area contributed by atoms with Crippen LogP contribution in [0.2, 0.25) is 0 Å². The van der Waals surface area contributed by atoms with Crippen LogP contribution in [0.25, 0.3) is 0 Å². The van der Waals surface area contributed by atoms with Gasteiger partial charge in [-0.1, -0.05) is 24.3 Å². The molecule has 178 valence electrons. The summed E-state index contributed by atoms with van der Waals surface area (Å²) in [5, 5.41) is 18.9. The molecule has 5 aliphatic rings. The van der Waals surface area contributed by atoms with Crippen LogP contribution in [0.1, 0.15) is 59.5 Å². The summed E-state index contributed by atoms with van der Waals surface area (Å²) in [5.41, 5.74) is 2.98. The Morgan fingerprint density at radius 1 is 1.23 bits per heavy atom. The second-order valence-electron chi connectivity index (χ2n) is 10.2. The van der Waals surface area contributed by atoms with Crippen molar-refractivity contribution in [3.8, 4) is 6.07 Å². The summed E-state index contributed by atoms with van der Waals surface area (Å²) in [7, 11) is 0. The van der Waals surface area contributed by atoms with E-state index >= 15 is 0 Å². The number of benzene rings is 1. The maximum absolute atomic E-state index is 13.0. The van der Waals surface area contributed by atoms with Gasteiger partial charge >= 0.3 is 0 Å². The van der Waals surface area contributed by atoms with Crippen LogP contribution >= 0.6 is 0 Å². The Balaban J connectivity index is 1.17. The van der Waals surface area contributed by atoms with Gasteiger partial charge < -0.3 is 16.0 Å². The number of nitrogens with zero attached hydrogens (tertiary/aromatic N) is 2. The van der Waals surface area contributed by atoms with Gasteiger partial charge in [-0.05, 0) is 61.3 Å². The molecular weight excluding hydrogens is 442 g/mol. The number of nitriles is 1. The normalized spacial score (nSPS) is 28.8. The maximum atomic E-state index is 13.0. The average molecular weight is 470 g/mol. The molecule has 2 aliphatic heterocycles. The maximum Gasteiger partial charge on any atom is 0.277 e. The standard InChI is InChI=1S/C27H27N5O3/c28-13-18(31-27(35)23-15-5-6-17(12-15)29-23)10-14-4-9-19-20-2-1-3-21(25(33)30-16-7-8-16)24(20)32-26(34)22(19)11-14/h1-4,9,11,15-18,20,23,29H,5-8,10,12H2,(H,30,33)(H,31,35)/t15-,17+,18?,20?,23-/m0/s1.